The highest BCUT2D eigenvalue weighted by Crippen LogP contribution is 2.38. The maximum Gasteiger partial charge on any atom is 0.453 e. The molecule has 0 aromatic rings. The van der Waals surface area contributed by atoms with E-state index in [0.717, 1.165) is 37.6 Å². The van der Waals surface area contributed by atoms with Crippen LogP contribution in [0, 0.1) is 5.92 Å². The molecule has 6 nitrogen and oxygen atoms in total. The zero-order valence-electron chi connectivity index (χ0n) is 21.3. The first kappa shape index (κ1) is 33.4. The van der Waals surface area contributed by atoms with Gasteiger partial charge in [-0.25, -0.2) is 13.4 Å². The van der Waals surface area contributed by atoms with Crippen LogP contribution in [0.4, 0.5) is 22.0 Å². The maximum absolute atomic E-state index is 13.0. The lowest BCUT2D eigenvalue weighted by Gasteiger charge is -2.42. The molecule has 0 bridgehead atoms. The van der Waals surface area contributed by atoms with E-state index in [1.165, 1.54) is 6.08 Å². The molecule has 0 atom stereocenters. The highest BCUT2D eigenvalue weighted by atomic mass is 32.2. The topological polar surface area (TPSA) is 51.2 Å². The highest BCUT2D eigenvalue weighted by molar-refractivity contribution is 7.92. The quantitative estimate of drug-likeness (QED) is 0.105. The summed E-state index contributed by atoms with van der Waals surface area (Å²) < 4.78 is 81.2. The Hall–Kier alpha value is -0.600. The molecule has 0 aliphatic carbocycles. The van der Waals surface area contributed by atoms with Gasteiger partial charge in [0.2, 0.25) is 0 Å². The Kier molecular flexibility index (Phi) is 13.0. The van der Waals surface area contributed by atoms with Crippen molar-refractivity contribution < 1.29 is 40.5 Å². The number of esters is 1. The van der Waals surface area contributed by atoms with Gasteiger partial charge in [-0.05, 0) is 52.4 Å². The number of ether oxygens (including phenoxy) is 2. The molecule has 0 radical (unpaired) electrons. The van der Waals surface area contributed by atoms with Crippen molar-refractivity contribution in [3.8, 4) is 0 Å². The van der Waals surface area contributed by atoms with Crippen molar-refractivity contribution in [3.05, 3.63) is 12.2 Å². The molecule has 2 heterocycles. The predicted octanol–water partition coefficient (Wildman–Crippen LogP) is 6.05. The van der Waals surface area contributed by atoms with Gasteiger partial charge in [0.05, 0.1) is 0 Å². The number of nitrogens with zero attached hydrogens (tertiary/aromatic N) is 2. The minimum atomic E-state index is -5.52. The summed E-state index contributed by atoms with van der Waals surface area (Å²) >= 11 is 1.10. The average molecular weight is 567 g/mol. The van der Waals surface area contributed by atoms with Crippen LogP contribution in [0.3, 0.4) is 0 Å². The monoisotopic (exact) mass is 566 g/mol. The third kappa shape index (κ3) is 9.94. The standard InChI is InChI=1S/C23H37F5N2O4S.H2S/c1-20(2,3)33-19(31)21(12-16-32-17-13-21)29(4)35-34-30-14-9-18(10-15-30)8-6-5-7-11-22(24,25)23(26,27)28;/h5,7,18H,6,8-17H2,1-4H3;1H2/b7-5+;. The summed E-state index contributed by atoms with van der Waals surface area (Å²) in [6.07, 6.45) is -0.721. The summed E-state index contributed by atoms with van der Waals surface area (Å²) in [5.74, 6) is -4.65. The Morgan fingerprint density at radius 3 is 2.22 bits per heavy atom. The molecule has 0 saturated carbocycles. The van der Waals surface area contributed by atoms with Crippen LogP contribution < -0.4 is 0 Å². The van der Waals surface area contributed by atoms with Crippen LogP contribution in [0.1, 0.15) is 65.7 Å². The number of allylic oxidation sites excluding steroid dienone is 2. The van der Waals surface area contributed by atoms with Gasteiger partial charge in [-0.2, -0.15) is 40.5 Å². The first-order valence-corrected chi connectivity index (χ1v) is 12.6. The molecule has 2 aliphatic heterocycles. The van der Waals surface area contributed by atoms with Crippen molar-refractivity contribution >= 4 is 31.7 Å². The second kappa shape index (κ2) is 14.0. The van der Waals surface area contributed by atoms with Crippen LogP contribution >= 0.6 is 25.7 Å². The Balaban J connectivity index is 0.00000648. The molecule has 0 unspecified atom stereocenters. The smallest absolute Gasteiger partial charge is 0.453 e. The largest absolute Gasteiger partial charge is 0.459 e. The fourth-order valence-corrected chi connectivity index (χ4v) is 4.71. The summed E-state index contributed by atoms with van der Waals surface area (Å²) in [6, 6.07) is 0. The molecule has 0 spiro atoms. The SMILES string of the molecule is CN(SON1CCC(CC/C=C/CC(F)(F)C(F)(F)F)CC1)C1(C(=O)OC(C)(C)C)CCOCC1.S. The van der Waals surface area contributed by atoms with E-state index in [1.54, 1.807) is 11.4 Å². The van der Waals surface area contributed by atoms with E-state index in [2.05, 4.69) is 0 Å². The number of likely N-dealkylation sites (N-methyl/N-ethyl adjacent to an activating group) is 1. The van der Waals surface area contributed by atoms with Crippen molar-refractivity contribution in [2.45, 2.75) is 89.0 Å². The van der Waals surface area contributed by atoms with Crippen molar-refractivity contribution in [2.24, 2.45) is 5.92 Å². The first-order valence-electron chi connectivity index (χ1n) is 11.9. The van der Waals surface area contributed by atoms with Crippen LogP contribution in [-0.2, 0) is 18.6 Å². The van der Waals surface area contributed by atoms with E-state index in [4.69, 9.17) is 13.8 Å². The third-order valence-electron chi connectivity index (χ3n) is 6.22. The maximum atomic E-state index is 13.0. The van der Waals surface area contributed by atoms with Gasteiger partial charge in [-0.3, -0.25) is 0 Å². The van der Waals surface area contributed by atoms with Gasteiger partial charge >= 0.3 is 18.1 Å². The zero-order valence-corrected chi connectivity index (χ0v) is 23.2. The van der Waals surface area contributed by atoms with Crippen LogP contribution in [0.15, 0.2) is 12.2 Å². The Labute approximate surface area is 222 Å². The lowest BCUT2D eigenvalue weighted by Crippen LogP contribution is -2.56. The molecule has 0 aromatic heterocycles. The molecule has 212 valence electrons. The van der Waals surface area contributed by atoms with Gasteiger partial charge in [0, 0.05) is 52.6 Å². The number of halogens is 5. The number of piperidine rings is 1. The number of carbonyl (C=O) groups is 1. The molecule has 2 aliphatic rings. The minimum Gasteiger partial charge on any atom is -0.459 e. The minimum absolute atomic E-state index is 0. The molecule has 2 fully saturated rings. The third-order valence-corrected chi connectivity index (χ3v) is 7.07. The van der Waals surface area contributed by atoms with Crippen molar-refractivity contribution in [2.75, 3.05) is 33.4 Å². The van der Waals surface area contributed by atoms with E-state index < -0.39 is 29.7 Å². The number of hydrogen-bond donors (Lipinski definition) is 0. The van der Waals surface area contributed by atoms with Gasteiger partial charge in [-0.15, -0.1) is 0 Å². The molecular formula is C23H39F5N2O4S2. The van der Waals surface area contributed by atoms with Gasteiger partial charge in [0.15, 0.2) is 0 Å². The molecule has 2 saturated heterocycles. The lowest BCUT2D eigenvalue weighted by molar-refractivity contribution is -0.280. The molecule has 13 heteroatoms. The van der Waals surface area contributed by atoms with Gasteiger partial charge in [-0.1, -0.05) is 12.2 Å². The molecule has 0 amide bonds. The Morgan fingerprint density at radius 2 is 1.69 bits per heavy atom. The highest BCUT2D eigenvalue weighted by Gasteiger charge is 2.56. The number of hydrogen-bond acceptors (Lipinski definition) is 7. The van der Waals surface area contributed by atoms with Crippen LogP contribution in [0.5, 0.6) is 0 Å². The zero-order chi connectivity index (χ0) is 26.3. The summed E-state index contributed by atoms with van der Waals surface area (Å²) in [6.45, 7) is 7.72. The second-order valence-corrected chi connectivity index (χ2v) is 11.0. The Bertz CT molecular complexity index is 706. The van der Waals surface area contributed by atoms with E-state index >= 15 is 0 Å². The molecule has 0 N–H and O–H groups in total. The van der Waals surface area contributed by atoms with Gasteiger partial charge in [0.25, 0.3) is 0 Å². The molecule has 2 rings (SSSR count). The summed E-state index contributed by atoms with van der Waals surface area (Å²) in [4.78, 5) is 13.0. The van der Waals surface area contributed by atoms with Gasteiger partial charge < -0.3 is 9.47 Å². The van der Waals surface area contributed by atoms with E-state index in [9.17, 15) is 26.7 Å². The van der Waals surface area contributed by atoms with E-state index in [-0.39, 0.29) is 19.5 Å². The lowest BCUT2D eigenvalue weighted by atomic mass is 9.90. The molecular weight excluding hydrogens is 527 g/mol. The fraction of sp³-hybridized carbons (Fsp3) is 0.870. The fourth-order valence-electron chi connectivity index (χ4n) is 3.97. The summed E-state index contributed by atoms with van der Waals surface area (Å²) in [5, 5.41) is 1.82. The second-order valence-electron chi connectivity index (χ2n) is 10.1. The van der Waals surface area contributed by atoms with Crippen LogP contribution in [-0.4, -0.2) is 71.9 Å². The number of hydroxylamine groups is 2. The summed E-state index contributed by atoms with van der Waals surface area (Å²) in [7, 11) is 1.81. The average Bonchev–Trinajstić information content (AvgIpc) is 2.76. The van der Waals surface area contributed by atoms with Crippen molar-refractivity contribution in [1.29, 1.82) is 0 Å². The van der Waals surface area contributed by atoms with Gasteiger partial charge in [0.1, 0.15) is 23.4 Å². The number of carbonyl (C=O) groups excluding carboxylic acids is 1. The number of alkyl halides is 5. The normalized spacial score (nSPS) is 20.5. The Morgan fingerprint density at radius 1 is 1.11 bits per heavy atom. The molecule has 36 heavy (non-hydrogen) atoms. The van der Waals surface area contributed by atoms with Crippen LogP contribution in [0.25, 0.3) is 0 Å². The molecule has 0 aromatic carbocycles. The van der Waals surface area contributed by atoms with Crippen LogP contribution in [0.2, 0.25) is 0 Å². The van der Waals surface area contributed by atoms with E-state index in [0.29, 0.717) is 51.5 Å². The first-order chi connectivity index (χ1) is 16.2. The predicted molar refractivity (Wildman–Crippen MR) is 134 cm³/mol. The summed E-state index contributed by atoms with van der Waals surface area (Å²) in [5.41, 5.74) is -1.45. The van der Waals surface area contributed by atoms with E-state index in [1.807, 2.05) is 25.8 Å². The number of rotatable bonds is 10. The van der Waals surface area contributed by atoms with Crippen molar-refractivity contribution in [3.63, 3.8) is 0 Å². The van der Waals surface area contributed by atoms with Crippen molar-refractivity contribution in [1.82, 2.24) is 9.37 Å².